The van der Waals surface area contributed by atoms with Gasteiger partial charge in [-0.1, -0.05) is 49.7 Å². The van der Waals surface area contributed by atoms with Crippen molar-refractivity contribution in [2.24, 2.45) is 0 Å². The van der Waals surface area contributed by atoms with Gasteiger partial charge in [-0.3, -0.25) is 0 Å². The van der Waals surface area contributed by atoms with Crippen LogP contribution in [0.2, 0.25) is 0 Å². The van der Waals surface area contributed by atoms with Gasteiger partial charge in [-0.25, -0.2) is 4.98 Å². The lowest BCUT2D eigenvalue weighted by atomic mass is 10.0. The van der Waals surface area contributed by atoms with Gasteiger partial charge in [-0.2, -0.15) is 0 Å². The molecule has 0 aliphatic rings. The molecule has 3 heteroatoms. The first-order valence-electron chi connectivity index (χ1n) is 7.56. The van der Waals surface area contributed by atoms with Crippen LogP contribution in [0.25, 0.3) is 0 Å². The van der Waals surface area contributed by atoms with E-state index in [0.29, 0.717) is 11.9 Å². The third-order valence-corrected chi connectivity index (χ3v) is 3.63. The number of ether oxygens (including phenoxy) is 1. The number of rotatable bonds is 7. The monoisotopic (exact) mass is 284 g/mol. The number of methoxy groups -OCH3 is 1. The molecule has 2 atom stereocenters. The maximum Gasteiger partial charge on any atom is 0.213 e. The molecule has 21 heavy (non-hydrogen) atoms. The van der Waals surface area contributed by atoms with Gasteiger partial charge in [-0.15, -0.1) is 0 Å². The quantitative estimate of drug-likeness (QED) is 0.824. The molecule has 0 radical (unpaired) electrons. The van der Waals surface area contributed by atoms with Crippen LogP contribution in [0.1, 0.15) is 50.0 Å². The minimum atomic E-state index is 0.178. The average molecular weight is 284 g/mol. The first-order chi connectivity index (χ1) is 10.2. The maximum atomic E-state index is 5.20. The average Bonchev–Trinajstić information content (AvgIpc) is 2.55. The summed E-state index contributed by atoms with van der Waals surface area (Å²) in [5.41, 5.74) is 2.33. The lowest BCUT2D eigenvalue weighted by molar-refractivity contribution is 0.388. The first-order valence-corrected chi connectivity index (χ1v) is 7.56. The van der Waals surface area contributed by atoms with Gasteiger partial charge in [0.05, 0.1) is 12.8 Å². The minimum Gasteiger partial charge on any atom is -0.481 e. The Hall–Kier alpha value is -1.87. The summed E-state index contributed by atoms with van der Waals surface area (Å²) in [7, 11) is 1.65. The van der Waals surface area contributed by atoms with Gasteiger partial charge in [0, 0.05) is 18.2 Å². The Morgan fingerprint density at radius 3 is 2.52 bits per heavy atom. The molecule has 0 fully saturated rings. The Balaban J connectivity index is 2.12. The molecular formula is C18H24N2O. The van der Waals surface area contributed by atoms with Crippen molar-refractivity contribution in [1.29, 1.82) is 0 Å². The van der Waals surface area contributed by atoms with Crippen LogP contribution in [0.5, 0.6) is 5.88 Å². The third-order valence-electron chi connectivity index (χ3n) is 3.63. The van der Waals surface area contributed by atoms with Gasteiger partial charge in [0.2, 0.25) is 5.88 Å². The van der Waals surface area contributed by atoms with Crippen molar-refractivity contribution in [3.8, 4) is 5.88 Å². The summed E-state index contributed by atoms with van der Waals surface area (Å²) in [6, 6.07) is 17.0. The van der Waals surface area contributed by atoms with Gasteiger partial charge < -0.3 is 10.1 Å². The summed E-state index contributed by atoms with van der Waals surface area (Å²) in [4.78, 5) is 4.51. The van der Waals surface area contributed by atoms with E-state index in [1.54, 1.807) is 7.11 Å². The largest absolute Gasteiger partial charge is 0.481 e. The molecule has 0 saturated carbocycles. The summed E-state index contributed by atoms with van der Waals surface area (Å²) in [5.74, 6) is 0.660. The normalized spacial score (nSPS) is 13.7. The SMILES string of the molecule is CCCC(NC(C)c1cccc(OC)n1)c1ccccc1. The standard InChI is InChI=1S/C18H24N2O/c1-4-9-17(15-10-6-5-7-11-15)19-14(2)16-12-8-13-18(20-16)21-3/h5-8,10-14,17,19H,4,9H2,1-3H3. The van der Waals surface area contributed by atoms with Crippen LogP contribution in [0, 0.1) is 0 Å². The molecule has 2 rings (SSSR count). The number of aromatic nitrogens is 1. The highest BCUT2D eigenvalue weighted by Crippen LogP contribution is 2.23. The molecule has 0 amide bonds. The molecule has 2 aromatic rings. The second-order valence-corrected chi connectivity index (χ2v) is 5.25. The van der Waals surface area contributed by atoms with Gasteiger partial charge in [0.15, 0.2) is 0 Å². The molecular weight excluding hydrogens is 260 g/mol. The highest BCUT2D eigenvalue weighted by molar-refractivity contribution is 5.21. The molecule has 1 aromatic heterocycles. The lowest BCUT2D eigenvalue weighted by Crippen LogP contribution is -2.25. The zero-order valence-electron chi connectivity index (χ0n) is 13.0. The lowest BCUT2D eigenvalue weighted by Gasteiger charge is -2.23. The Labute approximate surface area is 127 Å². The molecule has 0 aliphatic heterocycles. The summed E-state index contributed by atoms with van der Waals surface area (Å²) in [5, 5.41) is 3.68. The van der Waals surface area contributed by atoms with Crippen LogP contribution in [0.3, 0.4) is 0 Å². The van der Waals surface area contributed by atoms with E-state index in [1.807, 2.05) is 18.2 Å². The molecule has 1 N–H and O–H groups in total. The van der Waals surface area contributed by atoms with E-state index in [1.165, 1.54) is 5.56 Å². The number of benzene rings is 1. The first kappa shape index (κ1) is 15.5. The Morgan fingerprint density at radius 1 is 1.10 bits per heavy atom. The van der Waals surface area contributed by atoms with E-state index in [0.717, 1.165) is 18.5 Å². The predicted molar refractivity (Wildman–Crippen MR) is 86.4 cm³/mol. The molecule has 0 aliphatic carbocycles. The smallest absolute Gasteiger partial charge is 0.213 e. The van der Waals surface area contributed by atoms with Gasteiger partial charge in [-0.05, 0) is 25.0 Å². The fourth-order valence-corrected chi connectivity index (χ4v) is 2.49. The van der Waals surface area contributed by atoms with E-state index < -0.39 is 0 Å². The van der Waals surface area contributed by atoms with Crippen molar-refractivity contribution in [3.05, 3.63) is 59.8 Å². The van der Waals surface area contributed by atoms with Crippen molar-refractivity contribution < 1.29 is 4.74 Å². The molecule has 3 nitrogen and oxygen atoms in total. The van der Waals surface area contributed by atoms with Crippen LogP contribution in [-0.4, -0.2) is 12.1 Å². The highest BCUT2D eigenvalue weighted by Gasteiger charge is 2.15. The second kappa shape index (κ2) is 7.79. The van der Waals surface area contributed by atoms with Gasteiger partial charge in [0.25, 0.3) is 0 Å². The van der Waals surface area contributed by atoms with Crippen molar-refractivity contribution >= 4 is 0 Å². The topological polar surface area (TPSA) is 34.1 Å². The number of nitrogens with zero attached hydrogens (tertiary/aromatic N) is 1. The molecule has 1 aromatic carbocycles. The van der Waals surface area contributed by atoms with E-state index >= 15 is 0 Å². The molecule has 1 heterocycles. The van der Waals surface area contributed by atoms with Crippen LogP contribution >= 0.6 is 0 Å². The zero-order chi connectivity index (χ0) is 15.1. The second-order valence-electron chi connectivity index (χ2n) is 5.25. The Kier molecular flexibility index (Phi) is 5.76. The van der Waals surface area contributed by atoms with Crippen molar-refractivity contribution in [2.45, 2.75) is 38.8 Å². The summed E-state index contributed by atoms with van der Waals surface area (Å²) < 4.78 is 5.20. The molecule has 0 bridgehead atoms. The summed E-state index contributed by atoms with van der Waals surface area (Å²) in [6.07, 6.45) is 2.25. The van der Waals surface area contributed by atoms with E-state index in [2.05, 4.69) is 54.5 Å². The molecule has 0 spiro atoms. The molecule has 112 valence electrons. The predicted octanol–water partition coefficient (Wildman–Crippen LogP) is 4.28. The fourth-order valence-electron chi connectivity index (χ4n) is 2.49. The van der Waals surface area contributed by atoms with Crippen LogP contribution in [-0.2, 0) is 0 Å². The third kappa shape index (κ3) is 4.30. The number of nitrogens with one attached hydrogen (secondary N) is 1. The number of hydrogen-bond acceptors (Lipinski definition) is 3. The Morgan fingerprint density at radius 2 is 1.86 bits per heavy atom. The zero-order valence-corrected chi connectivity index (χ0v) is 13.0. The van der Waals surface area contributed by atoms with Crippen LogP contribution < -0.4 is 10.1 Å². The van der Waals surface area contributed by atoms with Crippen LogP contribution in [0.15, 0.2) is 48.5 Å². The van der Waals surface area contributed by atoms with E-state index in [-0.39, 0.29) is 6.04 Å². The summed E-state index contributed by atoms with van der Waals surface area (Å²) >= 11 is 0. The van der Waals surface area contributed by atoms with E-state index in [4.69, 9.17) is 4.74 Å². The van der Waals surface area contributed by atoms with Gasteiger partial charge >= 0.3 is 0 Å². The fraction of sp³-hybridized carbons (Fsp3) is 0.389. The van der Waals surface area contributed by atoms with Crippen LogP contribution in [0.4, 0.5) is 0 Å². The molecule has 0 saturated heterocycles. The van der Waals surface area contributed by atoms with Crippen molar-refractivity contribution in [2.75, 3.05) is 7.11 Å². The van der Waals surface area contributed by atoms with Crippen molar-refractivity contribution in [3.63, 3.8) is 0 Å². The van der Waals surface area contributed by atoms with Gasteiger partial charge in [0.1, 0.15) is 0 Å². The van der Waals surface area contributed by atoms with E-state index in [9.17, 15) is 0 Å². The number of pyridine rings is 1. The summed E-state index contributed by atoms with van der Waals surface area (Å²) in [6.45, 7) is 4.36. The minimum absolute atomic E-state index is 0.178. The Bertz CT molecular complexity index is 542. The van der Waals surface area contributed by atoms with Crippen molar-refractivity contribution in [1.82, 2.24) is 10.3 Å². The highest BCUT2D eigenvalue weighted by atomic mass is 16.5. The number of hydrogen-bond donors (Lipinski definition) is 1. The maximum absolute atomic E-state index is 5.20. The molecule has 2 unspecified atom stereocenters.